The number of benzene rings is 1. The molecule has 14 heavy (non-hydrogen) atoms. The highest BCUT2D eigenvalue weighted by molar-refractivity contribution is 5.95. The lowest BCUT2D eigenvalue weighted by atomic mass is 10.1. The van der Waals surface area contributed by atoms with Crippen molar-refractivity contribution in [2.45, 2.75) is 13.8 Å². The smallest absolute Gasteiger partial charge is 0.322 e. The Morgan fingerprint density at radius 2 is 1.93 bits per heavy atom. The van der Waals surface area contributed by atoms with Gasteiger partial charge in [-0.05, 0) is 25.0 Å². The first kappa shape index (κ1) is 9.06. The summed E-state index contributed by atoms with van der Waals surface area (Å²) >= 11 is 0. The number of rotatable bonds is 1. The molecule has 0 radical (unpaired) electrons. The van der Waals surface area contributed by atoms with E-state index < -0.39 is 0 Å². The second kappa shape index (κ2) is 3.33. The highest BCUT2D eigenvalue weighted by atomic mass is 16.2. The number of carbonyl (C=O) groups excluding carboxylic acids is 1. The number of carbonyl (C=O) groups is 1. The molecular formula is C11H14N2O. The fourth-order valence-electron chi connectivity index (χ4n) is 1.92. The molecule has 1 heterocycles. The Bertz CT molecular complexity index is 353. The van der Waals surface area contributed by atoms with Gasteiger partial charge in [-0.2, -0.15) is 0 Å². The molecule has 74 valence electrons. The second-order valence-electron chi connectivity index (χ2n) is 3.62. The van der Waals surface area contributed by atoms with E-state index in [2.05, 4.69) is 5.32 Å². The quantitative estimate of drug-likeness (QED) is 0.720. The number of anilines is 1. The highest BCUT2D eigenvalue weighted by Gasteiger charge is 2.23. The van der Waals surface area contributed by atoms with Crippen LogP contribution < -0.4 is 10.2 Å². The average molecular weight is 190 g/mol. The monoisotopic (exact) mass is 190 g/mol. The van der Waals surface area contributed by atoms with Crippen molar-refractivity contribution in [2.24, 2.45) is 0 Å². The fraction of sp³-hybridized carbons (Fsp3) is 0.364. The number of hydrogen-bond donors (Lipinski definition) is 1. The number of nitrogens with one attached hydrogen (secondary N) is 1. The van der Waals surface area contributed by atoms with Crippen LogP contribution in [0.4, 0.5) is 10.5 Å². The van der Waals surface area contributed by atoms with E-state index in [0.717, 1.165) is 29.9 Å². The zero-order valence-electron chi connectivity index (χ0n) is 8.50. The lowest BCUT2D eigenvalue weighted by molar-refractivity contribution is 0.252. The third-order valence-corrected chi connectivity index (χ3v) is 2.57. The van der Waals surface area contributed by atoms with Crippen molar-refractivity contribution in [1.29, 1.82) is 0 Å². The number of para-hydroxylation sites is 1. The fourth-order valence-corrected chi connectivity index (χ4v) is 1.92. The summed E-state index contributed by atoms with van der Waals surface area (Å²) in [6.45, 7) is 5.58. The summed E-state index contributed by atoms with van der Waals surface area (Å²) in [5.74, 6) is 0. The van der Waals surface area contributed by atoms with Gasteiger partial charge in [0.25, 0.3) is 0 Å². The topological polar surface area (TPSA) is 32.3 Å². The van der Waals surface area contributed by atoms with Crippen LogP contribution in [0.3, 0.4) is 0 Å². The summed E-state index contributed by atoms with van der Waals surface area (Å²) in [6, 6.07) is 6.10. The van der Waals surface area contributed by atoms with Gasteiger partial charge < -0.3 is 5.32 Å². The van der Waals surface area contributed by atoms with E-state index >= 15 is 0 Å². The zero-order chi connectivity index (χ0) is 10.1. The van der Waals surface area contributed by atoms with Crippen molar-refractivity contribution in [3.05, 3.63) is 29.3 Å². The number of nitrogens with zero attached hydrogens (tertiary/aromatic N) is 1. The summed E-state index contributed by atoms with van der Waals surface area (Å²) in [4.78, 5) is 13.3. The summed E-state index contributed by atoms with van der Waals surface area (Å²) in [5, 5.41) is 2.81. The highest BCUT2D eigenvalue weighted by Crippen LogP contribution is 2.25. The van der Waals surface area contributed by atoms with Gasteiger partial charge >= 0.3 is 6.03 Å². The molecule has 2 amide bonds. The van der Waals surface area contributed by atoms with Crippen molar-refractivity contribution in [1.82, 2.24) is 5.32 Å². The van der Waals surface area contributed by atoms with E-state index in [4.69, 9.17) is 0 Å². The molecule has 1 fully saturated rings. The minimum Gasteiger partial charge on any atom is -0.336 e. The van der Waals surface area contributed by atoms with E-state index in [-0.39, 0.29) is 6.03 Å². The molecule has 0 unspecified atom stereocenters. The van der Waals surface area contributed by atoms with Gasteiger partial charge in [0, 0.05) is 13.1 Å². The van der Waals surface area contributed by atoms with Gasteiger partial charge in [-0.1, -0.05) is 18.2 Å². The zero-order valence-corrected chi connectivity index (χ0v) is 8.50. The summed E-state index contributed by atoms with van der Waals surface area (Å²) in [7, 11) is 0. The van der Waals surface area contributed by atoms with Crippen LogP contribution in [-0.4, -0.2) is 19.1 Å². The van der Waals surface area contributed by atoms with Crippen molar-refractivity contribution in [2.75, 3.05) is 18.0 Å². The molecule has 2 rings (SSSR count). The molecule has 3 heteroatoms. The molecular weight excluding hydrogens is 176 g/mol. The lowest BCUT2D eigenvalue weighted by Gasteiger charge is -2.19. The molecule has 0 saturated carbocycles. The lowest BCUT2D eigenvalue weighted by Crippen LogP contribution is -2.28. The molecule has 0 atom stereocenters. The molecule has 1 aliphatic heterocycles. The Balaban J connectivity index is 2.44. The third kappa shape index (κ3) is 1.35. The maximum atomic E-state index is 11.5. The first-order valence-electron chi connectivity index (χ1n) is 4.82. The molecule has 0 bridgehead atoms. The Morgan fingerprint density at radius 1 is 1.29 bits per heavy atom. The van der Waals surface area contributed by atoms with E-state index in [1.807, 2.05) is 36.9 Å². The first-order valence-corrected chi connectivity index (χ1v) is 4.82. The van der Waals surface area contributed by atoms with E-state index in [1.54, 1.807) is 0 Å². The third-order valence-electron chi connectivity index (χ3n) is 2.57. The van der Waals surface area contributed by atoms with E-state index in [1.165, 1.54) is 0 Å². The molecule has 0 aliphatic carbocycles. The van der Waals surface area contributed by atoms with Crippen molar-refractivity contribution in [3.8, 4) is 0 Å². The summed E-state index contributed by atoms with van der Waals surface area (Å²) in [5.41, 5.74) is 3.37. The van der Waals surface area contributed by atoms with Crippen LogP contribution in [-0.2, 0) is 0 Å². The van der Waals surface area contributed by atoms with E-state index in [9.17, 15) is 4.79 Å². The molecule has 1 saturated heterocycles. The number of amides is 2. The standard InChI is InChI=1S/C11H14N2O/c1-8-4-3-5-9(2)10(8)13-7-6-12-11(13)14/h3-5H,6-7H2,1-2H3,(H,12,14). The number of aryl methyl sites for hydroxylation is 2. The van der Waals surface area contributed by atoms with Crippen molar-refractivity contribution in [3.63, 3.8) is 0 Å². The largest absolute Gasteiger partial charge is 0.336 e. The first-order chi connectivity index (χ1) is 6.70. The van der Waals surface area contributed by atoms with Gasteiger partial charge in [-0.25, -0.2) is 4.79 Å². The van der Waals surface area contributed by atoms with Crippen LogP contribution in [0.2, 0.25) is 0 Å². The molecule has 1 aromatic carbocycles. The van der Waals surface area contributed by atoms with Crippen LogP contribution >= 0.6 is 0 Å². The van der Waals surface area contributed by atoms with Crippen LogP contribution in [0.1, 0.15) is 11.1 Å². The minimum absolute atomic E-state index is 0.0161. The van der Waals surface area contributed by atoms with Gasteiger partial charge in [0.15, 0.2) is 0 Å². The molecule has 0 spiro atoms. The maximum absolute atomic E-state index is 11.5. The van der Waals surface area contributed by atoms with E-state index in [0.29, 0.717) is 0 Å². The molecule has 1 N–H and O–H groups in total. The SMILES string of the molecule is Cc1cccc(C)c1N1CCNC1=O. The molecule has 1 aliphatic rings. The number of hydrogen-bond acceptors (Lipinski definition) is 1. The van der Waals surface area contributed by atoms with Crippen LogP contribution in [0.5, 0.6) is 0 Å². The minimum atomic E-state index is 0.0161. The molecule has 1 aromatic rings. The predicted molar refractivity (Wildman–Crippen MR) is 56.7 cm³/mol. The normalized spacial score (nSPS) is 15.9. The average Bonchev–Trinajstić information content (AvgIpc) is 2.52. The van der Waals surface area contributed by atoms with Gasteiger partial charge in [0.05, 0.1) is 5.69 Å². The predicted octanol–water partition coefficient (Wildman–Crippen LogP) is 1.83. The second-order valence-corrected chi connectivity index (χ2v) is 3.62. The van der Waals surface area contributed by atoms with Crippen molar-refractivity contribution >= 4 is 11.7 Å². The molecule has 0 aromatic heterocycles. The van der Waals surface area contributed by atoms with Gasteiger partial charge in [0.1, 0.15) is 0 Å². The molecule has 3 nitrogen and oxygen atoms in total. The van der Waals surface area contributed by atoms with Crippen molar-refractivity contribution < 1.29 is 4.79 Å². The van der Waals surface area contributed by atoms with Crippen LogP contribution in [0.15, 0.2) is 18.2 Å². The Hall–Kier alpha value is -1.51. The summed E-state index contributed by atoms with van der Waals surface area (Å²) in [6.07, 6.45) is 0. The maximum Gasteiger partial charge on any atom is 0.322 e. The van der Waals surface area contributed by atoms with Gasteiger partial charge in [-0.15, -0.1) is 0 Å². The van der Waals surface area contributed by atoms with Crippen LogP contribution in [0.25, 0.3) is 0 Å². The Morgan fingerprint density at radius 3 is 2.43 bits per heavy atom. The Labute approximate surface area is 83.7 Å². The number of urea groups is 1. The van der Waals surface area contributed by atoms with Gasteiger partial charge in [0.2, 0.25) is 0 Å². The Kier molecular flexibility index (Phi) is 2.15. The van der Waals surface area contributed by atoms with Gasteiger partial charge in [-0.3, -0.25) is 4.90 Å². The van der Waals surface area contributed by atoms with Crippen LogP contribution in [0, 0.1) is 13.8 Å². The summed E-state index contributed by atoms with van der Waals surface area (Å²) < 4.78 is 0.